The van der Waals surface area contributed by atoms with Crippen molar-refractivity contribution in [2.45, 2.75) is 19.3 Å². The van der Waals surface area contributed by atoms with Gasteiger partial charge in [-0.15, -0.1) is 0 Å². The van der Waals surface area contributed by atoms with Crippen LogP contribution in [0.15, 0.2) is 108 Å². The summed E-state index contributed by atoms with van der Waals surface area (Å²) in [6, 6.07) is 31.4. The minimum absolute atomic E-state index is 0.197. The number of carbonyl (C=O) groups excluding carboxylic acids is 2. The molecular weight excluding hydrogens is 580 g/mol. The van der Waals surface area contributed by atoms with Gasteiger partial charge in [-0.05, 0) is 85.1 Å². The van der Waals surface area contributed by atoms with Gasteiger partial charge in [-0.2, -0.15) is 8.42 Å². The van der Waals surface area contributed by atoms with Crippen LogP contribution in [0.5, 0.6) is 5.75 Å². The normalized spacial score (nSPS) is 12.0. The van der Waals surface area contributed by atoms with Crippen molar-refractivity contribution in [3.8, 4) is 17.1 Å². The van der Waals surface area contributed by atoms with E-state index in [1.54, 1.807) is 24.3 Å². The van der Waals surface area contributed by atoms with E-state index in [9.17, 15) is 18.0 Å². The molecule has 0 aliphatic heterocycles. The molecule has 0 aliphatic rings. The summed E-state index contributed by atoms with van der Waals surface area (Å²) < 4.78 is 42.2. The highest BCUT2D eigenvalue weighted by Gasteiger charge is 2.22. The molecule has 0 bridgehead atoms. The number of hydrogen-bond donors (Lipinski definition) is 3. The van der Waals surface area contributed by atoms with Crippen LogP contribution < -0.4 is 15.4 Å². The average molecular weight is 613 g/mol. The highest BCUT2D eigenvalue weighted by Crippen LogP contribution is 2.30. The number of ether oxygens (including phenoxy) is 1. The maximum absolute atomic E-state index is 13.7. The minimum Gasteiger partial charge on any atom is -0.494 e. The van der Waals surface area contributed by atoms with Crippen LogP contribution in [0, 0.1) is 0 Å². The fraction of sp³-hybridized carbons (Fsp3) is 0.176. The van der Waals surface area contributed by atoms with Gasteiger partial charge in [-0.25, -0.2) is 0 Å². The summed E-state index contributed by atoms with van der Waals surface area (Å²) in [6.07, 6.45) is 0.363. The van der Waals surface area contributed by atoms with Crippen molar-refractivity contribution >= 4 is 38.6 Å². The highest BCUT2D eigenvalue weighted by atomic mass is 32.2. The molecule has 5 rings (SSSR count). The van der Waals surface area contributed by atoms with Crippen molar-refractivity contribution in [1.82, 2.24) is 5.32 Å². The van der Waals surface area contributed by atoms with Crippen LogP contribution >= 0.6 is 0 Å². The summed E-state index contributed by atoms with van der Waals surface area (Å²) >= 11 is 0. The van der Waals surface area contributed by atoms with Crippen molar-refractivity contribution in [1.29, 1.82) is 0 Å². The maximum Gasteiger partial charge on any atom is 0.266 e. The standard InChI is InChI=1S/C34H32N2O7S/c1-2-42-29-17-13-24(14-18-29)30(21-23-7-9-26(10-8-23)33(37)35-19-20-44(39,40)41)34(38)36-28-15-11-25(12-16-28)32-22-27-5-3-4-6-31(27)43-32/h3-18,22,30H,2,19-21H2,1H3,(H,35,37)(H,36,38)(H,39,40,41). The van der Waals surface area contributed by atoms with Crippen LogP contribution in [-0.4, -0.2) is 43.7 Å². The third-order valence-electron chi connectivity index (χ3n) is 7.07. The Morgan fingerprint density at radius 2 is 1.61 bits per heavy atom. The molecule has 10 heteroatoms. The minimum atomic E-state index is -4.17. The van der Waals surface area contributed by atoms with Crippen LogP contribution in [-0.2, 0) is 21.3 Å². The first-order valence-corrected chi connectivity index (χ1v) is 15.7. The fourth-order valence-corrected chi connectivity index (χ4v) is 5.18. The van der Waals surface area contributed by atoms with Gasteiger partial charge in [-0.1, -0.05) is 42.5 Å². The summed E-state index contributed by atoms with van der Waals surface area (Å²) in [5, 5.41) is 6.52. The van der Waals surface area contributed by atoms with E-state index in [-0.39, 0.29) is 12.5 Å². The van der Waals surface area contributed by atoms with E-state index in [0.717, 1.165) is 33.4 Å². The summed E-state index contributed by atoms with van der Waals surface area (Å²) in [7, 11) is -4.17. The predicted octanol–water partition coefficient (Wildman–Crippen LogP) is 6.08. The zero-order valence-corrected chi connectivity index (χ0v) is 24.8. The van der Waals surface area contributed by atoms with Crippen molar-refractivity contribution < 1.29 is 31.7 Å². The van der Waals surface area contributed by atoms with Gasteiger partial charge in [0.2, 0.25) is 5.91 Å². The third kappa shape index (κ3) is 7.91. The van der Waals surface area contributed by atoms with Crippen LogP contribution in [0.4, 0.5) is 5.69 Å². The van der Waals surface area contributed by atoms with E-state index in [1.807, 2.05) is 85.8 Å². The molecule has 0 radical (unpaired) electrons. The maximum atomic E-state index is 13.7. The van der Waals surface area contributed by atoms with Crippen LogP contribution in [0.2, 0.25) is 0 Å². The second kappa shape index (κ2) is 13.6. The largest absolute Gasteiger partial charge is 0.494 e. The number of amides is 2. The summed E-state index contributed by atoms with van der Waals surface area (Å²) in [5.41, 5.74) is 4.30. The van der Waals surface area contributed by atoms with Gasteiger partial charge in [0.05, 0.1) is 18.3 Å². The van der Waals surface area contributed by atoms with Crippen LogP contribution in [0.3, 0.4) is 0 Å². The van der Waals surface area contributed by atoms with Gasteiger partial charge in [-0.3, -0.25) is 14.1 Å². The average Bonchev–Trinajstić information content (AvgIpc) is 3.45. The molecule has 1 atom stereocenters. The fourth-order valence-electron chi connectivity index (χ4n) is 4.82. The van der Waals surface area contributed by atoms with Crippen molar-refractivity contribution in [2.24, 2.45) is 0 Å². The number of para-hydroxylation sites is 1. The summed E-state index contributed by atoms with van der Waals surface area (Å²) in [6.45, 7) is 2.23. The Labute approximate surface area is 255 Å². The van der Waals surface area contributed by atoms with E-state index in [2.05, 4.69) is 10.6 Å². The lowest BCUT2D eigenvalue weighted by Gasteiger charge is -2.18. The molecule has 0 saturated carbocycles. The Kier molecular flexibility index (Phi) is 9.42. The van der Waals surface area contributed by atoms with Crippen LogP contribution in [0.25, 0.3) is 22.3 Å². The van der Waals surface area contributed by atoms with E-state index in [1.165, 1.54) is 0 Å². The lowest BCUT2D eigenvalue weighted by atomic mass is 9.90. The Morgan fingerprint density at radius 1 is 0.909 bits per heavy atom. The van der Waals surface area contributed by atoms with Crippen molar-refractivity contribution in [3.05, 3.63) is 120 Å². The van der Waals surface area contributed by atoms with Crippen molar-refractivity contribution in [3.63, 3.8) is 0 Å². The van der Waals surface area contributed by atoms with Gasteiger partial charge in [0.25, 0.3) is 16.0 Å². The number of anilines is 1. The molecule has 5 aromatic rings. The molecule has 1 aromatic heterocycles. The molecule has 0 saturated heterocycles. The monoisotopic (exact) mass is 612 g/mol. The second-order valence-electron chi connectivity index (χ2n) is 10.2. The molecule has 44 heavy (non-hydrogen) atoms. The lowest BCUT2D eigenvalue weighted by Crippen LogP contribution is -2.28. The third-order valence-corrected chi connectivity index (χ3v) is 7.79. The van der Waals surface area contributed by atoms with Crippen LogP contribution in [0.1, 0.15) is 34.3 Å². The first kappa shape index (κ1) is 30.5. The zero-order chi connectivity index (χ0) is 31.1. The number of benzene rings is 4. The highest BCUT2D eigenvalue weighted by molar-refractivity contribution is 7.85. The molecule has 0 spiro atoms. The van der Waals surface area contributed by atoms with E-state index >= 15 is 0 Å². The van der Waals surface area contributed by atoms with Gasteiger partial charge in [0.15, 0.2) is 0 Å². The number of nitrogens with one attached hydrogen (secondary N) is 2. The SMILES string of the molecule is CCOc1ccc(C(Cc2ccc(C(=O)NCCS(=O)(=O)O)cc2)C(=O)Nc2ccc(-c3cc4ccccc4o3)cc2)cc1. The molecule has 3 N–H and O–H groups in total. The second-order valence-corrected chi connectivity index (χ2v) is 11.8. The molecule has 4 aromatic carbocycles. The molecule has 1 unspecified atom stereocenters. The van der Waals surface area contributed by atoms with Gasteiger partial charge >= 0.3 is 0 Å². The topological polar surface area (TPSA) is 135 Å². The Hall–Kier alpha value is -4.93. The molecular formula is C34H32N2O7S. The molecule has 0 aliphatic carbocycles. The summed E-state index contributed by atoms with van der Waals surface area (Å²) in [4.78, 5) is 26.1. The quantitative estimate of drug-likeness (QED) is 0.145. The zero-order valence-electron chi connectivity index (χ0n) is 24.0. The number of rotatable bonds is 12. The molecule has 2 amide bonds. The molecule has 1 heterocycles. The first-order chi connectivity index (χ1) is 21.2. The summed E-state index contributed by atoms with van der Waals surface area (Å²) in [5.74, 6) is -0.328. The van der Waals surface area contributed by atoms with Gasteiger partial charge in [0, 0.05) is 28.7 Å². The molecule has 9 nitrogen and oxygen atoms in total. The number of carbonyl (C=O) groups is 2. The van der Waals surface area contributed by atoms with Gasteiger partial charge < -0.3 is 19.8 Å². The number of furan rings is 1. The number of hydrogen-bond acceptors (Lipinski definition) is 6. The lowest BCUT2D eigenvalue weighted by molar-refractivity contribution is -0.117. The van der Waals surface area contributed by atoms with E-state index in [4.69, 9.17) is 13.7 Å². The van der Waals surface area contributed by atoms with E-state index < -0.39 is 27.7 Å². The number of fused-ring (bicyclic) bond motifs is 1. The molecule has 226 valence electrons. The Bertz CT molecular complexity index is 1810. The smallest absolute Gasteiger partial charge is 0.266 e. The molecule has 0 fully saturated rings. The Morgan fingerprint density at radius 3 is 2.27 bits per heavy atom. The predicted molar refractivity (Wildman–Crippen MR) is 170 cm³/mol. The van der Waals surface area contributed by atoms with E-state index in [0.29, 0.717) is 30.0 Å². The first-order valence-electron chi connectivity index (χ1n) is 14.1. The van der Waals surface area contributed by atoms with Crippen molar-refractivity contribution in [2.75, 3.05) is 24.2 Å². The Balaban J connectivity index is 1.31. The van der Waals surface area contributed by atoms with Gasteiger partial charge in [0.1, 0.15) is 17.1 Å².